The first kappa shape index (κ1) is 18.1. The Labute approximate surface area is 138 Å². The first-order valence-corrected chi connectivity index (χ1v) is 8.06. The van der Waals surface area contributed by atoms with Crippen LogP contribution in [0, 0.1) is 5.82 Å². The lowest BCUT2D eigenvalue weighted by molar-refractivity contribution is 0.00578. The van der Waals surface area contributed by atoms with Crippen molar-refractivity contribution in [1.82, 2.24) is 0 Å². The lowest BCUT2D eigenvalue weighted by Crippen LogP contribution is -2.41. The van der Waals surface area contributed by atoms with Gasteiger partial charge in [0.25, 0.3) is 0 Å². The third-order valence-electron chi connectivity index (χ3n) is 4.21. The van der Waals surface area contributed by atoms with Crippen LogP contribution >= 0.6 is 0 Å². The van der Waals surface area contributed by atoms with Crippen molar-refractivity contribution in [3.63, 3.8) is 0 Å². The van der Waals surface area contributed by atoms with Gasteiger partial charge in [-0.05, 0) is 54.5 Å². The van der Waals surface area contributed by atoms with E-state index in [1.165, 1.54) is 12.1 Å². The summed E-state index contributed by atoms with van der Waals surface area (Å²) in [6.07, 6.45) is -0.0952. The smallest absolute Gasteiger partial charge is 0.490 e. The fourth-order valence-corrected chi connectivity index (χ4v) is 2.37. The number of ether oxygens (including phenoxy) is 2. The molecule has 1 saturated heterocycles. The van der Waals surface area contributed by atoms with Gasteiger partial charge in [-0.25, -0.2) is 4.39 Å². The zero-order chi connectivity index (χ0) is 17.4. The average Bonchev–Trinajstić information content (AvgIpc) is 2.60. The van der Waals surface area contributed by atoms with Crippen LogP contribution in [0.4, 0.5) is 4.39 Å². The molecule has 1 heterocycles. The summed E-state index contributed by atoms with van der Waals surface area (Å²) in [6, 6.07) is 2.72. The van der Waals surface area contributed by atoms with Crippen molar-refractivity contribution >= 4 is 12.6 Å². The van der Waals surface area contributed by atoms with Gasteiger partial charge in [0.05, 0.1) is 23.9 Å². The third kappa shape index (κ3) is 3.64. The van der Waals surface area contributed by atoms with Gasteiger partial charge in [-0.15, -0.1) is 0 Å². The molecule has 0 spiro atoms. The maximum absolute atomic E-state index is 14.1. The highest BCUT2D eigenvalue weighted by Crippen LogP contribution is 2.38. The van der Waals surface area contributed by atoms with Crippen LogP contribution in [-0.2, 0) is 9.31 Å². The minimum atomic E-state index is -0.702. The third-order valence-corrected chi connectivity index (χ3v) is 4.21. The van der Waals surface area contributed by atoms with Crippen LogP contribution in [0.5, 0.6) is 11.5 Å². The first-order chi connectivity index (χ1) is 10.6. The summed E-state index contributed by atoms with van der Waals surface area (Å²) in [5.41, 5.74) is -0.500. The Morgan fingerprint density at radius 1 is 1.13 bits per heavy atom. The van der Waals surface area contributed by atoms with Crippen LogP contribution in [0.2, 0.25) is 0 Å². The Hall–Kier alpha value is -1.27. The van der Waals surface area contributed by atoms with E-state index in [0.717, 1.165) is 0 Å². The number of rotatable bonds is 5. The monoisotopic (exact) mass is 324 g/mol. The summed E-state index contributed by atoms with van der Waals surface area (Å²) in [6.45, 7) is 13.9. The quantitative estimate of drug-likeness (QED) is 0.779. The van der Waals surface area contributed by atoms with Crippen molar-refractivity contribution in [2.24, 2.45) is 0 Å². The van der Waals surface area contributed by atoms with Gasteiger partial charge in [-0.3, -0.25) is 0 Å². The van der Waals surface area contributed by atoms with Gasteiger partial charge in [0, 0.05) is 11.5 Å². The molecule has 1 fully saturated rings. The molecule has 0 atom stereocenters. The van der Waals surface area contributed by atoms with E-state index in [-0.39, 0.29) is 6.10 Å². The predicted octanol–water partition coefficient (Wildman–Crippen LogP) is 3.31. The van der Waals surface area contributed by atoms with Gasteiger partial charge in [0.15, 0.2) is 11.5 Å². The zero-order valence-electron chi connectivity index (χ0n) is 15.0. The highest BCUT2D eigenvalue weighted by molar-refractivity contribution is 6.63. The molecule has 1 aromatic carbocycles. The predicted molar refractivity (Wildman–Crippen MR) is 89.0 cm³/mol. The fraction of sp³-hybridized carbons (Fsp3) is 0.647. The average molecular weight is 324 g/mol. The first-order valence-electron chi connectivity index (χ1n) is 8.06. The highest BCUT2D eigenvalue weighted by Gasteiger charge is 2.52. The SMILES string of the molecule is CCOc1c(OC(C)C)cc(F)cc1B1OC(C)(C)C(C)(C)O1. The van der Waals surface area contributed by atoms with E-state index in [4.69, 9.17) is 18.8 Å². The molecule has 4 nitrogen and oxygen atoms in total. The maximum atomic E-state index is 14.1. The molecule has 0 amide bonds. The van der Waals surface area contributed by atoms with Gasteiger partial charge in [0.2, 0.25) is 0 Å². The Morgan fingerprint density at radius 2 is 1.70 bits per heavy atom. The van der Waals surface area contributed by atoms with Crippen LogP contribution in [0.25, 0.3) is 0 Å². The molecule has 2 rings (SSSR count). The minimum absolute atomic E-state index is 0.0952. The van der Waals surface area contributed by atoms with E-state index >= 15 is 0 Å². The molecule has 23 heavy (non-hydrogen) atoms. The second-order valence-electron chi connectivity index (χ2n) is 7.01. The Bertz CT molecular complexity index is 556. The van der Waals surface area contributed by atoms with Crippen molar-refractivity contribution in [3.05, 3.63) is 17.9 Å². The van der Waals surface area contributed by atoms with Gasteiger partial charge in [-0.1, -0.05) is 0 Å². The maximum Gasteiger partial charge on any atom is 0.498 e. The van der Waals surface area contributed by atoms with Gasteiger partial charge < -0.3 is 18.8 Å². The molecule has 1 aliphatic heterocycles. The molecule has 0 unspecified atom stereocenters. The summed E-state index contributed by atoms with van der Waals surface area (Å²) < 4.78 is 37.6. The lowest BCUT2D eigenvalue weighted by atomic mass is 9.78. The summed E-state index contributed by atoms with van der Waals surface area (Å²) in [7, 11) is -0.702. The van der Waals surface area contributed by atoms with Crippen molar-refractivity contribution in [1.29, 1.82) is 0 Å². The van der Waals surface area contributed by atoms with Crippen LogP contribution < -0.4 is 14.9 Å². The molecule has 0 bridgehead atoms. The number of halogens is 1. The van der Waals surface area contributed by atoms with Crippen LogP contribution in [0.3, 0.4) is 0 Å². The van der Waals surface area contributed by atoms with Crippen molar-refractivity contribution < 1.29 is 23.2 Å². The standard InChI is InChI=1S/C17H26BFO4/c1-8-20-15-13(9-12(19)10-14(15)21-11(2)3)18-22-16(4,5)17(6,7)23-18/h9-11H,8H2,1-7H3. The summed E-state index contributed by atoms with van der Waals surface area (Å²) in [5.74, 6) is 0.432. The Kier molecular flexibility index (Phi) is 4.97. The lowest BCUT2D eigenvalue weighted by Gasteiger charge is -2.32. The number of hydrogen-bond acceptors (Lipinski definition) is 4. The minimum Gasteiger partial charge on any atom is -0.490 e. The molecule has 0 aliphatic carbocycles. The van der Waals surface area contributed by atoms with Gasteiger partial charge in [-0.2, -0.15) is 0 Å². The second kappa shape index (κ2) is 6.32. The van der Waals surface area contributed by atoms with Crippen LogP contribution in [0.1, 0.15) is 48.5 Å². The van der Waals surface area contributed by atoms with Crippen LogP contribution in [-0.4, -0.2) is 31.0 Å². The summed E-state index contributed by atoms with van der Waals surface area (Å²) in [4.78, 5) is 0. The molecule has 128 valence electrons. The molecule has 0 aromatic heterocycles. The Balaban J connectivity index is 2.47. The zero-order valence-corrected chi connectivity index (χ0v) is 15.0. The molecule has 1 aliphatic rings. The van der Waals surface area contributed by atoms with Gasteiger partial charge in [0.1, 0.15) is 5.82 Å². The van der Waals surface area contributed by atoms with Crippen molar-refractivity contribution in [2.45, 2.75) is 65.8 Å². The molecule has 0 saturated carbocycles. The largest absolute Gasteiger partial charge is 0.498 e. The topological polar surface area (TPSA) is 36.9 Å². The van der Waals surface area contributed by atoms with Crippen LogP contribution in [0.15, 0.2) is 12.1 Å². The van der Waals surface area contributed by atoms with Gasteiger partial charge >= 0.3 is 7.12 Å². The molecular weight excluding hydrogens is 298 g/mol. The van der Waals surface area contributed by atoms with E-state index in [1.54, 1.807) is 0 Å². The molecule has 1 aromatic rings. The summed E-state index contributed by atoms with van der Waals surface area (Å²) >= 11 is 0. The molecule has 0 N–H and O–H groups in total. The number of benzene rings is 1. The fourth-order valence-electron chi connectivity index (χ4n) is 2.37. The summed E-state index contributed by atoms with van der Waals surface area (Å²) in [5, 5.41) is 0. The van der Waals surface area contributed by atoms with E-state index in [0.29, 0.717) is 23.6 Å². The van der Waals surface area contributed by atoms with E-state index < -0.39 is 24.1 Å². The van der Waals surface area contributed by atoms with Crippen molar-refractivity contribution in [3.8, 4) is 11.5 Å². The second-order valence-corrected chi connectivity index (χ2v) is 7.01. The number of hydrogen-bond donors (Lipinski definition) is 0. The molecular formula is C17H26BFO4. The van der Waals surface area contributed by atoms with Crippen molar-refractivity contribution in [2.75, 3.05) is 6.61 Å². The molecule has 6 heteroatoms. The molecule has 0 radical (unpaired) electrons. The van der Waals surface area contributed by atoms with E-state index in [1.807, 2.05) is 48.5 Å². The normalized spacial score (nSPS) is 19.3. The van der Waals surface area contributed by atoms with E-state index in [2.05, 4.69) is 0 Å². The van der Waals surface area contributed by atoms with E-state index in [9.17, 15) is 4.39 Å². The highest BCUT2D eigenvalue weighted by atomic mass is 19.1. The Morgan fingerprint density at radius 3 is 2.17 bits per heavy atom.